The fourth-order valence-corrected chi connectivity index (χ4v) is 3.04. The number of nitriles is 1. The first-order valence-corrected chi connectivity index (χ1v) is 6.42. The Hall–Kier alpha value is -0.830. The molecule has 0 aliphatic heterocycles. The van der Waals surface area contributed by atoms with Crippen molar-refractivity contribution in [3.63, 3.8) is 0 Å². The number of alkyl halides is 1. The van der Waals surface area contributed by atoms with Crippen molar-refractivity contribution >= 4 is 33.0 Å². The van der Waals surface area contributed by atoms with E-state index in [4.69, 9.17) is 28.5 Å². The molecule has 1 heterocycles. The molecule has 15 heavy (non-hydrogen) atoms. The lowest BCUT2D eigenvalue weighted by Crippen LogP contribution is -2.11. The monoisotopic (exact) mass is 264 g/mol. The number of hydrogen-bond donors (Lipinski definition) is 0. The molecule has 0 saturated heterocycles. The average Bonchev–Trinajstić information content (AvgIpc) is 2.17. The topological polar surface area (TPSA) is 70.8 Å². The average molecular weight is 265 g/mol. The van der Waals surface area contributed by atoms with Gasteiger partial charge in [-0.25, -0.2) is 13.4 Å². The molecule has 0 spiro atoms. The summed E-state index contributed by atoms with van der Waals surface area (Å²) in [6, 6.07) is 3.13. The first-order valence-electron chi connectivity index (χ1n) is 3.86. The van der Waals surface area contributed by atoms with Gasteiger partial charge in [0.25, 0.3) is 0 Å². The molecule has 0 N–H and O–H groups in total. The van der Waals surface area contributed by atoms with Gasteiger partial charge in [0, 0.05) is 12.1 Å². The number of aromatic nitrogens is 1. The Balaban J connectivity index is 3.35. The minimum atomic E-state index is -3.60. The zero-order valence-electron chi connectivity index (χ0n) is 7.44. The molecule has 0 saturated carbocycles. The van der Waals surface area contributed by atoms with Crippen molar-refractivity contribution in [3.8, 4) is 6.07 Å². The van der Waals surface area contributed by atoms with Crippen LogP contribution in [0.5, 0.6) is 0 Å². The van der Waals surface area contributed by atoms with Crippen LogP contribution in [0.2, 0.25) is 5.02 Å². The summed E-state index contributed by atoms with van der Waals surface area (Å²) in [7, 11) is -3.60. The van der Waals surface area contributed by atoms with Crippen LogP contribution in [0.25, 0.3) is 0 Å². The van der Waals surface area contributed by atoms with Crippen LogP contribution in [-0.4, -0.2) is 25.0 Å². The summed E-state index contributed by atoms with van der Waals surface area (Å²) in [5, 5.41) is 8.22. The van der Waals surface area contributed by atoms with Crippen LogP contribution in [0.15, 0.2) is 17.3 Å². The third kappa shape index (κ3) is 2.59. The van der Waals surface area contributed by atoms with Crippen LogP contribution in [-0.2, 0) is 9.84 Å². The molecule has 1 aromatic heterocycles. The molecule has 0 aliphatic carbocycles. The number of pyridine rings is 1. The molecule has 0 amide bonds. The summed E-state index contributed by atoms with van der Waals surface area (Å²) in [5.74, 6) is -0.298. The van der Waals surface area contributed by atoms with Crippen LogP contribution < -0.4 is 0 Å². The Morgan fingerprint density at radius 3 is 2.73 bits per heavy atom. The smallest absolute Gasteiger partial charge is 0.198 e. The molecule has 1 aromatic rings. The third-order valence-electron chi connectivity index (χ3n) is 1.62. The lowest BCUT2D eigenvalue weighted by atomic mass is 10.3. The Bertz CT molecular complexity index is 508. The molecule has 4 nitrogen and oxygen atoms in total. The minimum absolute atomic E-state index is 0.0445. The number of nitrogens with zero attached hydrogens (tertiary/aromatic N) is 2. The molecule has 7 heteroatoms. The molecule has 0 aromatic carbocycles. The maximum atomic E-state index is 11.6. The van der Waals surface area contributed by atoms with Gasteiger partial charge >= 0.3 is 0 Å². The number of halogens is 2. The van der Waals surface area contributed by atoms with E-state index in [1.54, 1.807) is 6.07 Å². The summed E-state index contributed by atoms with van der Waals surface area (Å²) in [4.78, 5) is 3.65. The molecule has 0 radical (unpaired) electrons. The van der Waals surface area contributed by atoms with Crippen molar-refractivity contribution in [2.45, 2.75) is 5.03 Å². The van der Waals surface area contributed by atoms with E-state index in [0.29, 0.717) is 0 Å². The summed E-state index contributed by atoms with van der Waals surface area (Å²) < 4.78 is 23.2. The van der Waals surface area contributed by atoms with Gasteiger partial charge in [-0.15, -0.1) is 11.6 Å². The van der Waals surface area contributed by atoms with Gasteiger partial charge in [0.15, 0.2) is 14.9 Å². The van der Waals surface area contributed by atoms with Gasteiger partial charge in [-0.05, 0) is 6.07 Å². The Labute approximate surface area is 97.4 Å². The Morgan fingerprint density at radius 2 is 2.20 bits per heavy atom. The van der Waals surface area contributed by atoms with Crippen LogP contribution in [0.3, 0.4) is 0 Å². The molecule has 0 bridgehead atoms. The van der Waals surface area contributed by atoms with Gasteiger partial charge < -0.3 is 0 Å². The number of rotatable bonds is 3. The van der Waals surface area contributed by atoms with Gasteiger partial charge in [0.05, 0.1) is 16.3 Å². The van der Waals surface area contributed by atoms with E-state index in [1.807, 2.05) is 0 Å². The van der Waals surface area contributed by atoms with Gasteiger partial charge in [-0.2, -0.15) is 5.26 Å². The maximum absolute atomic E-state index is 11.6. The summed E-state index contributed by atoms with van der Waals surface area (Å²) in [6.45, 7) is 0. The fourth-order valence-electron chi connectivity index (χ4n) is 0.926. The van der Waals surface area contributed by atoms with Crippen molar-refractivity contribution in [3.05, 3.63) is 22.8 Å². The van der Waals surface area contributed by atoms with E-state index in [2.05, 4.69) is 4.98 Å². The van der Waals surface area contributed by atoms with Crippen molar-refractivity contribution < 1.29 is 8.42 Å². The summed E-state index contributed by atoms with van der Waals surface area (Å²) in [5.41, 5.74) is 0.0832. The molecule has 1 rings (SSSR count). The van der Waals surface area contributed by atoms with Crippen molar-refractivity contribution in [2.24, 2.45) is 0 Å². The molecule has 0 unspecified atom stereocenters. The Morgan fingerprint density at radius 1 is 1.53 bits per heavy atom. The summed E-state index contributed by atoms with van der Waals surface area (Å²) >= 11 is 11.1. The first-order chi connectivity index (χ1) is 7.03. The van der Waals surface area contributed by atoms with E-state index in [9.17, 15) is 8.42 Å². The van der Waals surface area contributed by atoms with E-state index < -0.39 is 9.84 Å². The van der Waals surface area contributed by atoms with Gasteiger partial charge in [0.1, 0.15) is 6.07 Å². The van der Waals surface area contributed by atoms with E-state index in [-0.39, 0.29) is 27.2 Å². The van der Waals surface area contributed by atoms with E-state index >= 15 is 0 Å². The second kappa shape index (κ2) is 4.79. The zero-order chi connectivity index (χ0) is 11.5. The second-order valence-corrected chi connectivity index (χ2v) is 5.38. The molecule has 0 fully saturated rings. The first kappa shape index (κ1) is 12.2. The van der Waals surface area contributed by atoms with Crippen LogP contribution in [0, 0.1) is 11.3 Å². The maximum Gasteiger partial charge on any atom is 0.198 e. The highest BCUT2D eigenvalue weighted by molar-refractivity contribution is 7.91. The van der Waals surface area contributed by atoms with Gasteiger partial charge in [-0.1, -0.05) is 11.6 Å². The molecular weight excluding hydrogens is 259 g/mol. The van der Waals surface area contributed by atoms with Crippen LogP contribution in [0.1, 0.15) is 5.56 Å². The van der Waals surface area contributed by atoms with Crippen molar-refractivity contribution in [1.29, 1.82) is 5.26 Å². The SMILES string of the molecule is N#Cc1ccnc(S(=O)(=O)CCCl)c1Cl. The van der Waals surface area contributed by atoms with Gasteiger partial charge in [-0.3, -0.25) is 0 Å². The minimum Gasteiger partial charge on any atom is -0.243 e. The fraction of sp³-hybridized carbons (Fsp3) is 0.250. The zero-order valence-corrected chi connectivity index (χ0v) is 9.77. The van der Waals surface area contributed by atoms with Crippen LogP contribution in [0.4, 0.5) is 0 Å². The quantitative estimate of drug-likeness (QED) is 0.778. The lowest BCUT2D eigenvalue weighted by Gasteiger charge is -2.03. The highest BCUT2D eigenvalue weighted by atomic mass is 35.5. The molecule has 80 valence electrons. The molecule has 0 aliphatic rings. The molecular formula is C8H6Cl2N2O2S. The lowest BCUT2D eigenvalue weighted by molar-refractivity contribution is 0.594. The van der Waals surface area contributed by atoms with Crippen molar-refractivity contribution in [1.82, 2.24) is 4.98 Å². The second-order valence-electron chi connectivity index (χ2n) is 2.60. The largest absolute Gasteiger partial charge is 0.243 e. The Kier molecular flexibility index (Phi) is 3.91. The highest BCUT2D eigenvalue weighted by Crippen LogP contribution is 2.23. The standard InChI is InChI=1S/C8H6Cl2N2O2S/c9-2-4-15(13,14)8-7(10)6(5-11)1-3-12-8/h1,3H,2,4H2. The number of hydrogen-bond acceptors (Lipinski definition) is 4. The van der Waals surface area contributed by atoms with E-state index in [1.165, 1.54) is 12.3 Å². The predicted octanol–water partition coefficient (Wildman–Crippen LogP) is 1.62. The van der Waals surface area contributed by atoms with Crippen molar-refractivity contribution in [2.75, 3.05) is 11.6 Å². The van der Waals surface area contributed by atoms with Gasteiger partial charge in [0.2, 0.25) is 0 Å². The normalized spacial score (nSPS) is 11.0. The van der Waals surface area contributed by atoms with Crippen LogP contribution >= 0.6 is 23.2 Å². The number of sulfone groups is 1. The molecule has 0 atom stereocenters. The third-order valence-corrected chi connectivity index (χ3v) is 4.17. The highest BCUT2D eigenvalue weighted by Gasteiger charge is 2.21. The van der Waals surface area contributed by atoms with E-state index in [0.717, 1.165) is 0 Å². The predicted molar refractivity (Wildman–Crippen MR) is 56.7 cm³/mol. The summed E-state index contributed by atoms with van der Waals surface area (Å²) in [6.07, 6.45) is 1.23.